The molecule has 1 aliphatic heterocycles. The SMILES string of the molecule is O=C(O)[C@@H]1N=CO[C@H]1c1ccccc1. The van der Waals surface area contributed by atoms with Crippen LogP contribution in [0.2, 0.25) is 0 Å². The third-order valence-corrected chi connectivity index (χ3v) is 2.10. The highest BCUT2D eigenvalue weighted by Crippen LogP contribution is 2.26. The maximum Gasteiger partial charge on any atom is 0.332 e. The molecule has 1 heterocycles. The summed E-state index contributed by atoms with van der Waals surface area (Å²) in [6.07, 6.45) is 0.713. The van der Waals surface area contributed by atoms with Gasteiger partial charge in [0.05, 0.1) is 0 Å². The maximum absolute atomic E-state index is 10.8. The molecule has 1 aromatic carbocycles. The Labute approximate surface area is 80.8 Å². The van der Waals surface area contributed by atoms with Gasteiger partial charge in [0.25, 0.3) is 0 Å². The lowest BCUT2D eigenvalue weighted by atomic mass is 10.0. The van der Waals surface area contributed by atoms with Gasteiger partial charge < -0.3 is 9.84 Å². The Morgan fingerprint density at radius 2 is 2.07 bits per heavy atom. The second kappa shape index (κ2) is 3.49. The number of benzene rings is 1. The van der Waals surface area contributed by atoms with Gasteiger partial charge in [-0.05, 0) is 5.56 Å². The Hall–Kier alpha value is -1.84. The summed E-state index contributed by atoms with van der Waals surface area (Å²) in [5.74, 6) is -0.965. The van der Waals surface area contributed by atoms with E-state index in [0.717, 1.165) is 5.56 Å². The number of carboxylic acid groups (broad SMARTS) is 1. The molecule has 72 valence electrons. The van der Waals surface area contributed by atoms with Crippen molar-refractivity contribution in [2.24, 2.45) is 4.99 Å². The fourth-order valence-electron chi connectivity index (χ4n) is 1.42. The molecule has 0 saturated heterocycles. The zero-order valence-electron chi connectivity index (χ0n) is 7.33. The van der Waals surface area contributed by atoms with Crippen molar-refractivity contribution >= 4 is 12.4 Å². The van der Waals surface area contributed by atoms with Crippen LogP contribution in [0.4, 0.5) is 0 Å². The Kier molecular flexibility index (Phi) is 2.18. The number of aliphatic imine (C=N–C) groups is 1. The quantitative estimate of drug-likeness (QED) is 0.765. The summed E-state index contributed by atoms with van der Waals surface area (Å²) in [5, 5.41) is 8.85. The lowest BCUT2D eigenvalue weighted by molar-refractivity contribution is -0.140. The summed E-state index contributed by atoms with van der Waals surface area (Å²) < 4.78 is 5.14. The molecule has 2 atom stereocenters. The highest BCUT2D eigenvalue weighted by Gasteiger charge is 2.33. The van der Waals surface area contributed by atoms with Crippen molar-refractivity contribution in [2.75, 3.05) is 0 Å². The van der Waals surface area contributed by atoms with E-state index in [2.05, 4.69) is 4.99 Å². The number of ether oxygens (including phenoxy) is 1. The van der Waals surface area contributed by atoms with Gasteiger partial charge in [0.15, 0.2) is 18.5 Å². The number of carbonyl (C=O) groups is 1. The van der Waals surface area contributed by atoms with Crippen LogP contribution in [-0.2, 0) is 9.53 Å². The zero-order valence-corrected chi connectivity index (χ0v) is 7.33. The summed E-state index contributed by atoms with van der Waals surface area (Å²) in [6.45, 7) is 0. The van der Waals surface area contributed by atoms with Crippen LogP contribution in [0.25, 0.3) is 0 Å². The molecular weight excluding hydrogens is 182 g/mol. The third-order valence-electron chi connectivity index (χ3n) is 2.10. The highest BCUT2D eigenvalue weighted by molar-refractivity contribution is 5.78. The second-order valence-corrected chi connectivity index (χ2v) is 3.00. The van der Waals surface area contributed by atoms with Crippen molar-refractivity contribution < 1.29 is 14.6 Å². The molecule has 0 spiro atoms. The van der Waals surface area contributed by atoms with Crippen LogP contribution in [0, 0.1) is 0 Å². The maximum atomic E-state index is 10.8. The molecule has 0 unspecified atom stereocenters. The van der Waals surface area contributed by atoms with Gasteiger partial charge in [-0.25, -0.2) is 9.79 Å². The third kappa shape index (κ3) is 1.46. The van der Waals surface area contributed by atoms with Crippen LogP contribution in [0.5, 0.6) is 0 Å². The molecule has 1 aliphatic rings. The van der Waals surface area contributed by atoms with Crippen LogP contribution in [0.3, 0.4) is 0 Å². The summed E-state index contributed by atoms with van der Waals surface area (Å²) in [5.41, 5.74) is 0.831. The number of carboxylic acids is 1. The van der Waals surface area contributed by atoms with Crippen molar-refractivity contribution in [3.8, 4) is 0 Å². The van der Waals surface area contributed by atoms with Crippen molar-refractivity contribution in [2.45, 2.75) is 12.1 Å². The van der Waals surface area contributed by atoms with Crippen LogP contribution in [0.15, 0.2) is 35.3 Å². The normalized spacial score (nSPS) is 24.6. The van der Waals surface area contributed by atoms with Gasteiger partial charge in [-0.3, -0.25) is 0 Å². The van der Waals surface area contributed by atoms with Crippen LogP contribution in [0.1, 0.15) is 11.7 Å². The first-order valence-electron chi connectivity index (χ1n) is 4.24. The molecule has 0 aliphatic carbocycles. The van der Waals surface area contributed by atoms with Gasteiger partial charge in [-0.15, -0.1) is 0 Å². The number of nitrogens with zero attached hydrogens (tertiary/aromatic N) is 1. The van der Waals surface area contributed by atoms with E-state index in [9.17, 15) is 4.79 Å². The molecular formula is C10H9NO3. The number of aliphatic carboxylic acids is 1. The number of hydrogen-bond acceptors (Lipinski definition) is 3. The van der Waals surface area contributed by atoms with Crippen molar-refractivity contribution in [3.05, 3.63) is 35.9 Å². The molecule has 14 heavy (non-hydrogen) atoms. The van der Waals surface area contributed by atoms with Gasteiger partial charge in [0, 0.05) is 0 Å². The highest BCUT2D eigenvalue weighted by atomic mass is 16.5. The smallest absolute Gasteiger partial charge is 0.332 e. The second-order valence-electron chi connectivity index (χ2n) is 3.00. The van der Waals surface area contributed by atoms with E-state index in [1.807, 2.05) is 30.3 Å². The Morgan fingerprint density at radius 1 is 1.36 bits per heavy atom. The summed E-state index contributed by atoms with van der Waals surface area (Å²) in [7, 11) is 0. The van der Waals surface area contributed by atoms with Crippen LogP contribution < -0.4 is 0 Å². The first kappa shape index (κ1) is 8.74. The van der Waals surface area contributed by atoms with E-state index in [1.54, 1.807) is 0 Å². The average molecular weight is 191 g/mol. The van der Waals surface area contributed by atoms with Gasteiger partial charge in [-0.2, -0.15) is 0 Å². The summed E-state index contributed by atoms with van der Waals surface area (Å²) >= 11 is 0. The minimum atomic E-state index is -0.965. The van der Waals surface area contributed by atoms with Crippen LogP contribution in [-0.4, -0.2) is 23.5 Å². The lowest BCUT2D eigenvalue weighted by Crippen LogP contribution is -2.23. The standard InChI is InChI=1S/C10H9NO3/c12-10(13)8-9(14-6-11-8)7-4-2-1-3-5-7/h1-6,8-9H,(H,12,13)/t8-,9+/m1/s1. The van der Waals surface area contributed by atoms with Crippen molar-refractivity contribution in [3.63, 3.8) is 0 Å². The molecule has 0 fully saturated rings. The predicted octanol–water partition coefficient (Wildman–Crippen LogP) is 1.24. The topological polar surface area (TPSA) is 58.9 Å². The minimum Gasteiger partial charge on any atom is -0.480 e. The van der Waals surface area contributed by atoms with E-state index in [0.29, 0.717) is 0 Å². The number of rotatable bonds is 2. The van der Waals surface area contributed by atoms with Gasteiger partial charge in [-0.1, -0.05) is 30.3 Å². The van der Waals surface area contributed by atoms with Gasteiger partial charge in [0.2, 0.25) is 0 Å². The molecule has 2 rings (SSSR count). The Morgan fingerprint density at radius 3 is 2.71 bits per heavy atom. The molecule has 1 aromatic rings. The molecule has 0 aromatic heterocycles. The van der Waals surface area contributed by atoms with Gasteiger partial charge in [0.1, 0.15) is 0 Å². The Balaban J connectivity index is 2.24. The predicted molar refractivity (Wildman–Crippen MR) is 50.2 cm³/mol. The van der Waals surface area contributed by atoms with E-state index in [4.69, 9.17) is 9.84 Å². The summed E-state index contributed by atoms with van der Waals surface area (Å²) in [6, 6.07) is 8.39. The van der Waals surface area contributed by atoms with Crippen molar-refractivity contribution in [1.29, 1.82) is 0 Å². The molecule has 1 N–H and O–H groups in total. The van der Waals surface area contributed by atoms with E-state index in [1.165, 1.54) is 6.40 Å². The first-order chi connectivity index (χ1) is 6.79. The molecule has 0 saturated carbocycles. The van der Waals surface area contributed by atoms with E-state index < -0.39 is 18.1 Å². The van der Waals surface area contributed by atoms with Crippen LogP contribution >= 0.6 is 0 Å². The van der Waals surface area contributed by atoms with Crippen molar-refractivity contribution in [1.82, 2.24) is 0 Å². The lowest BCUT2D eigenvalue weighted by Gasteiger charge is -2.13. The molecule has 0 amide bonds. The molecule has 4 heteroatoms. The Bertz CT molecular complexity index is 361. The van der Waals surface area contributed by atoms with E-state index >= 15 is 0 Å². The average Bonchev–Trinajstić information content (AvgIpc) is 2.67. The fourth-order valence-corrected chi connectivity index (χ4v) is 1.42. The fraction of sp³-hybridized carbons (Fsp3) is 0.200. The number of hydrogen-bond donors (Lipinski definition) is 1. The molecule has 0 radical (unpaired) electrons. The first-order valence-corrected chi connectivity index (χ1v) is 4.24. The van der Waals surface area contributed by atoms with E-state index in [-0.39, 0.29) is 0 Å². The minimum absolute atomic E-state index is 0.492. The van der Waals surface area contributed by atoms with Gasteiger partial charge >= 0.3 is 5.97 Å². The zero-order chi connectivity index (χ0) is 9.97. The monoisotopic (exact) mass is 191 g/mol. The largest absolute Gasteiger partial charge is 0.480 e. The molecule has 0 bridgehead atoms. The summed E-state index contributed by atoms with van der Waals surface area (Å²) in [4.78, 5) is 14.5. The molecule has 4 nitrogen and oxygen atoms in total.